The maximum atomic E-state index is 12.6. The molecule has 2 fully saturated rings. The molecular formula is C25H25N7O2. The highest BCUT2D eigenvalue weighted by Crippen LogP contribution is 2.38. The van der Waals surface area contributed by atoms with Crippen LogP contribution in [0.1, 0.15) is 53.6 Å². The Morgan fingerprint density at radius 1 is 1.12 bits per heavy atom. The van der Waals surface area contributed by atoms with Gasteiger partial charge in [0.15, 0.2) is 5.78 Å². The number of imidazole rings is 2. The molecular weight excluding hydrogens is 430 g/mol. The van der Waals surface area contributed by atoms with Crippen molar-refractivity contribution < 1.29 is 9.59 Å². The minimum atomic E-state index is -0.00916. The number of rotatable bonds is 5. The van der Waals surface area contributed by atoms with Crippen molar-refractivity contribution >= 4 is 23.0 Å². The zero-order valence-electron chi connectivity index (χ0n) is 18.6. The van der Waals surface area contributed by atoms with Gasteiger partial charge in [-0.05, 0) is 19.3 Å². The summed E-state index contributed by atoms with van der Waals surface area (Å²) in [5.41, 5.74) is 9.26. The molecule has 1 aromatic carbocycles. The van der Waals surface area contributed by atoms with E-state index in [1.165, 1.54) is 0 Å². The van der Waals surface area contributed by atoms with Crippen LogP contribution >= 0.6 is 0 Å². The molecule has 2 atom stereocenters. The Balaban J connectivity index is 1.34. The lowest BCUT2D eigenvalue weighted by Crippen LogP contribution is -2.41. The van der Waals surface area contributed by atoms with Gasteiger partial charge in [0.1, 0.15) is 28.7 Å². The first-order valence-corrected chi connectivity index (χ1v) is 11.6. The largest absolute Gasteiger partial charge is 0.382 e. The molecule has 9 nitrogen and oxygen atoms in total. The van der Waals surface area contributed by atoms with E-state index in [-0.39, 0.29) is 24.0 Å². The molecule has 6 rings (SSSR count). The third kappa shape index (κ3) is 3.44. The van der Waals surface area contributed by atoms with Crippen molar-refractivity contribution in [3.63, 3.8) is 0 Å². The first kappa shape index (κ1) is 20.6. The Bertz CT molecular complexity index is 1370. The fraction of sp³-hybridized carbons (Fsp3) is 0.320. The predicted molar refractivity (Wildman–Crippen MR) is 126 cm³/mol. The molecule has 9 heteroatoms. The van der Waals surface area contributed by atoms with Gasteiger partial charge in [-0.2, -0.15) is 0 Å². The summed E-state index contributed by atoms with van der Waals surface area (Å²) in [7, 11) is 0. The summed E-state index contributed by atoms with van der Waals surface area (Å²) in [6, 6.07) is 7.79. The monoisotopic (exact) mass is 455 g/mol. The summed E-state index contributed by atoms with van der Waals surface area (Å²) >= 11 is 0. The number of benzene rings is 1. The number of H-pyrrole nitrogens is 1. The van der Waals surface area contributed by atoms with Gasteiger partial charge in [-0.3, -0.25) is 14.0 Å². The van der Waals surface area contributed by atoms with E-state index < -0.39 is 0 Å². The maximum absolute atomic E-state index is 12.6. The molecule has 0 saturated carbocycles. The number of carbonyl (C=O) groups is 2. The van der Waals surface area contributed by atoms with E-state index in [2.05, 4.69) is 15.0 Å². The summed E-state index contributed by atoms with van der Waals surface area (Å²) in [6.07, 6.45) is 10.7. The molecule has 1 amide bonds. The highest BCUT2D eigenvalue weighted by molar-refractivity contribution is 5.98. The quantitative estimate of drug-likeness (QED) is 0.446. The van der Waals surface area contributed by atoms with E-state index in [1.807, 2.05) is 39.8 Å². The fourth-order valence-corrected chi connectivity index (χ4v) is 5.32. The van der Waals surface area contributed by atoms with E-state index in [1.54, 1.807) is 18.6 Å². The standard InChI is InChI=1S/C25H25N7O2/c26-24-23-22(16-3-1-15(2-4-16)19(33)13-20-27-9-10-28-20)30-25(31(23)12-11-29-24)17-5-6-18-7-8-21(34)32(18)14-17/h1-4,9-12,17-18H,5-8,13-14H2,(H2,26,29)(H,27,28)/t17-,18+/m1/s1. The van der Waals surface area contributed by atoms with E-state index in [9.17, 15) is 9.59 Å². The number of fused-ring (bicyclic) bond motifs is 2. The van der Waals surface area contributed by atoms with Gasteiger partial charge in [0, 0.05) is 60.8 Å². The summed E-state index contributed by atoms with van der Waals surface area (Å²) < 4.78 is 2.01. The Labute approximate surface area is 196 Å². The van der Waals surface area contributed by atoms with Gasteiger partial charge < -0.3 is 15.6 Å². The second-order valence-electron chi connectivity index (χ2n) is 9.08. The lowest BCUT2D eigenvalue weighted by molar-refractivity contribution is -0.130. The van der Waals surface area contributed by atoms with Crippen LogP contribution in [-0.2, 0) is 11.2 Å². The number of hydrogen-bond donors (Lipinski definition) is 2. The lowest BCUT2D eigenvalue weighted by Gasteiger charge is -2.34. The summed E-state index contributed by atoms with van der Waals surface area (Å²) in [6.45, 7) is 0.685. The van der Waals surface area contributed by atoms with Crippen LogP contribution in [0.4, 0.5) is 5.82 Å². The second kappa shape index (κ2) is 8.09. The summed E-state index contributed by atoms with van der Waals surface area (Å²) in [4.78, 5) is 43.4. The van der Waals surface area contributed by atoms with E-state index >= 15 is 0 Å². The average Bonchev–Trinajstić information content (AvgIpc) is 3.59. The highest BCUT2D eigenvalue weighted by Gasteiger charge is 2.38. The molecule has 2 saturated heterocycles. The SMILES string of the molecule is Nc1nccn2c([C@@H]3CC[C@H]4CCC(=O)N4C3)nc(-c3ccc(C(=O)Cc4ncc[nH]4)cc3)c12. The smallest absolute Gasteiger partial charge is 0.222 e. The zero-order chi connectivity index (χ0) is 23.2. The number of nitrogens with two attached hydrogens (primary N) is 1. The predicted octanol–water partition coefficient (Wildman–Crippen LogP) is 3.00. The molecule has 0 spiro atoms. The minimum absolute atomic E-state index is 0.00916. The van der Waals surface area contributed by atoms with Crippen molar-refractivity contribution in [1.29, 1.82) is 0 Å². The van der Waals surface area contributed by atoms with Crippen LogP contribution in [0, 0.1) is 0 Å². The fourth-order valence-electron chi connectivity index (χ4n) is 5.32. The number of amides is 1. The van der Waals surface area contributed by atoms with Gasteiger partial charge in [0.2, 0.25) is 5.91 Å². The number of aromatic amines is 1. The Kier molecular flexibility index (Phi) is 4.90. The van der Waals surface area contributed by atoms with Crippen LogP contribution in [0.2, 0.25) is 0 Å². The van der Waals surface area contributed by atoms with Gasteiger partial charge >= 0.3 is 0 Å². The van der Waals surface area contributed by atoms with Crippen LogP contribution < -0.4 is 5.73 Å². The van der Waals surface area contributed by atoms with Crippen LogP contribution in [0.15, 0.2) is 49.1 Å². The third-order valence-corrected chi connectivity index (χ3v) is 7.06. The molecule has 5 heterocycles. The van der Waals surface area contributed by atoms with E-state index in [0.29, 0.717) is 36.2 Å². The van der Waals surface area contributed by atoms with Crippen molar-refractivity contribution in [2.45, 2.75) is 44.1 Å². The number of hydrogen-bond acceptors (Lipinski definition) is 6. The molecule has 2 aliphatic heterocycles. The summed E-state index contributed by atoms with van der Waals surface area (Å²) in [5.74, 6) is 2.31. The molecule has 0 radical (unpaired) electrons. The average molecular weight is 456 g/mol. The molecule has 0 unspecified atom stereocenters. The molecule has 3 aromatic heterocycles. The van der Waals surface area contributed by atoms with Crippen LogP contribution in [0.25, 0.3) is 16.8 Å². The van der Waals surface area contributed by atoms with Gasteiger partial charge in [-0.15, -0.1) is 0 Å². The number of nitrogen functional groups attached to an aromatic ring is 1. The Morgan fingerprint density at radius 3 is 2.76 bits per heavy atom. The van der Waals surface area contributed by atoms with E-state index in [4.69, 9.17) is 10.7 Å². The Morgan fingerprint density at radius 2 is 1.97 bits per heavy atom. The normalized spacial score (nSPS) is 20.1. The molecule has 172 valence electrons. The molecule has 0 bridgehead atoms. The first-order valence-electron chi connectivity index (χ1n) is 11.6. The number of piperidine rings is 1. The second-order valence-corrected chi connectivity index (χ2v) is 9.08. The molecule has 0 aliphatic carbocycles. The zero-order valence-corrected chi connectivity index (χ0v) is 18.6. The van der Waals surface area contributed by atoms with Gasteiger partial charge in [0.25, 0.3) is 0 Å². The van der Waals surface area contributed by atoms with Crippen LogP contribution in [-0.4, -0.2) is 53.5 Å². The Hall–Kier alpha value is -4.01. The number of nitrogens with one attached hydrogen (secondary N) is 1. The van der Waals surface area contributed by atoms with Crippen molar-refractivity contribution in [2.24, 2.45) is 0 Å². The molecule has 4 aromatic rings. The van der Waals surface area contributed by atoms with Crippen molar-refractivity contribution in [2.75, 3.05) is 12.3 Å². The first-order chi connectivity index (χ1) is 16.6. The van der Waals surface area contributed by atoms with Gasteiger partial charge in [-0.1, -0.05) is 24.3 Å². The number of carbonyl (C=O) groups excluding carboxylic acids is 2. The molecule has 2 aliphatic rings. The van der Waals surface area contributed by atoms with Crippen LogP contribution in [0.3, 0.4) is 0 Å². The molecule has 3 N–H and O–H groups in total. The van der Waals surface area contributed by atoms with Gasteiger partial charge in [-0.25, -0.2) is 15.0 Å². The van der Waals surface area contributed by atoms with Crippen LogP contribution in [0.5, 0.6) is 0 Å². The van der Waals surface area contributed by atoms with E-state index in [0.717, 1.165) is 41.9 Å². The summed E-state index contributed by atoms with van der Waals surface area (Å²) in [5, 5.41) is 0. The number of nitrogens with zero attached hydrogens (tertiary/aromatic N) is 5. The number of anilines is 1. The van der Waals surface area contributed by atoms with Crippen molar-refractivity contribution in [3.8, 4) is 11.3 Å². The highest BCUT2D eigenvalue weighted by atomic mass is 16.2. The topological polar surface area (TPSA) is 122 Å². The number of aromatic nitrogens is 5. The van der Waals surface area contributed by atoms with Crippen molar-refractivity contribution in [3.05, 3.63) is 66.3 Å². The third-order valence-electron chi connectivity index (χ3n) is 7.06. The number of ketones is 1. The minimum Gasteiger partial charge on any atom is -0.382 e. The maximum Gasteiger partial charge on any atom is 0.222 e. The molecule has 34 heavy (non-hydrogen) atoms. The number of Topliss-reactive ketones (excluding diaryl/α,β-unsaturated/α-hetero) is 1. The van der Waals surface area contributed by atoms with Gasteiger partial charge in [0.05, 0.1) is 6.42 Å². The lowest BCUT2D eigenvalue weighted by atomic mass is 9.92. The van der Waals surface area contributed by atoms with Crippen molar-refractivity contribution in [1.82, 2.24) is 29.2 Å².